The van der Waals surface area contributed by atoms with Crippen LogP contribution in [0, 0.1) is 13.8 Å². The third-order valence-corrected chi connectivity index (χ3v) is 4.23. The molecule has 2 N–H and O–H groups in total. The zero-order chi connectivity index (χ0) is 18.7. The van der Waals surface area contributed by atoms with Crippen molar-refractivity contribution in [1.29, 1.82) is 0 Å². The van der Waals surface area contributed by atoms with E-state index in [-0.39, 0.29) is 5.69 Å². The normalized spacial score (nSPS) is 10.4. The Morgan fingerprint density at radius 2 is 1.85 bits per heavy atom. The van der Waals surface area contributed by atoms with Crippen molar-refractivity contribution in [3.63, 3.8) is 0 Å². The highest BCUT2D eigenvalue weighted by Gasteiger charge is 2.12. The van der Waals surface area contributed by atoms with E-state index in [0.717, 1.165) is 16.7 Å². The summed E-state index contributed by atoms with van der Waals surface area (Å²) in [5.74, 6) is 0.305. The largest absolute Gasteiger partial charge is 0.497 e. The van der Waals surface area contributed by atoms with Crippen LogP contribution in [0.15, 0.2) is 53.3 Å². The molecule has 1 heterocycles. The van der Waals surface area contributed by atoms with Gasteiger partial charge in [-0.05, 0) is 61.4 Å². The summed E-state index contributed by atoms with van der Waals surface area (Å²) in [5, 5.41) is 2.83. The summed E-state index contributed by atoms with van der Waals surface area (Å²) in [6, 6.07) is 14.3. The van der Waals surface area contributed by atoms with E-state index in [0.29, 0.717) is 17.1 Å². The first-order valence-corrected chi connectivity index (χ1v) is 8.11. The average Bonchev–Trinajstić information content (AvgIpc) is 2.65. The molecule has 0 aliphatic carbocycles. The highest BCUT2D eigenvalue weighted by atomic mass is 16.5. The van der Waals surface area contributed by atoms with Gasteiger partial charge in [0.2, 0.25) is 0 Å². The number of amides is 1. The van der Waals surface area contributed by atoms with Crippen LogP contribution >= 0.6 is 0 Å². The summed E-state index contributed by atoms with van der Waals surface area (Å²) < 4.78 is 5.13. The number of aromatic amines is 1. The van der Waals surface area contributed by atoms with Gasteiger partial charge in [-0.2, -0.15) is 4.98 Å². The molecule has 0 unspecified atom stereocenters. The molecule has 3 rings (SSSR count). The number of hydrogen-bond acceptors (Lipinski definition) is 4. The summed E-state index contributed by atoms with van der Waals surface area (Å²) in [5.41, 5.74) is 3.47. The SMILES string of the molecule is COc1ccc(-c2cc(C(=O)Nc3cccc(C)c3C)[nH]c(=O)n2)cc1. The van der Waals surface area contributed by atoms with Gasteiger partial charge in [0.05, 0.1) is 12.8 Å². The summed E-state index contributed by atoms with van der Waals surface area (Å²) in [6.45, 7) is 3.91. The van der Waals surface area contributed by atoms with Crippen molar-refractivity contribution in [2.24, 2.45) is 0 Å². The predicted molar refractivity (Wildman–Crippen MR) is 101 cm³/mol. The summed E-state index contributed by atoms with van der Waals surface area (Å²) >= 11 is 0. The second-order valence-electron chi connectivity index (χ2n) is 5.92. The number of carbonyl (C=O) groups excluding carboxylic acids is 1. The maximum absolute atomic E-state index is 12.6. The Hall–Kier alpha value is -3.41. The van der Waals surface area contributed by atoms with Crippen LogP contribution in [0.5, 0.6) is 5.75 Å². The fraction of sp³-hybridized carbons (Fsp3) is 0.150. The number of carbonyl (C=O) groups is 1. The first-order chi connectivity index (χ1) is 12.5. The Morgan fingerprint density at radius 3 is 2.54 bits per heavy atom. The lowest BCUT2D eigenvalue weighted by Crippen LogP contribution is -2.21. The Balaban J connectivity index is 1.92. The smallest absolute Gasteiger partial charge is 0.346 e. The number of anilines is 1. The second-order valence-corrected chi connectivity index (χ2v) is 5.92. The van der Waals surface area contributed by atoms with Crippen molar-refractivity contribution >= 4 is 11.6 Å². The van der Waals surface area contributed by atoms with E-state index in [1.165, 1.54) is 0 Å². The topological polar surface area (TPSA) is 84.1 Å². The molecule has 1 aromatic heterocycles. The van der Waals surface area contributed by atoms with Crippen molar-refractivity contribution in [3.05, 3.63) is 75.8 Å². The fourth-order valence-electron chi connectivity index (χ4n) is 2.57. The Bertz CT molecular complexity index is 1010. The number of aromatic nitrogens is 2. The number of hydrogen-bond donors (Lipinski definition) is 2. The Labute approximate surface area is 150 Å². The molecule has 1 amide bonds. The van der Waals surface area contributed by atoms with Gasteiger partial charge in [-0.25, -0.2) is 4.79 Å². The lowest BCUT2D eigenvalue weighted by Gasteiger charge is -2.11. The van der Waals surface area contributed by atoms with Gasteiger partial charge in [0.15, 0.2) is 0 Å². The number of methoxy groups -OCH3 is 1. The van der Waals surface area contributed by atoms with E-state index in [1.54, 1.807) is 37.4 Å². The van der Waals surface area contributed by atoms with Gasteiger partial charge >= 0.3 is 5.69 Å². The summed E-state index contributed by atoms with van der Waals surface area (Å²) in [6.07, 6.45) is 0. The zero-order valence-corrected chi connectivity index (χ0v) is 14.8. The van der Waals surface area contributed by atoms with Crippen molar-refractivity contribution in [2.45, 2.75) is 13.8 Å². The molecule has 0 spiro atoms. The van der Waals surface area contributed by atoms with Gasteiger partial charge in [-0.15, -0.1) is 0 Å². The van der Waals surface area contributed by atoms with E-state index in [1.807, 2.05) is 32.0 Å². The molecule has 0 saturated carbocycles. The van der Waals surface area contributed by atoms with Gasteiger partial charge in [0, 0.05) is 11.3 Å². The molecule has 2 aromatic carbocycles. The number of aryl methyl sites for hydroxylation is 1. The number of ether oxygens (including phenoxy) is 1. The Kier molecular flexibility index (Phi) is 4.84. The monoisotopic (exact) mass is 349 g/mol. The van der Waals surface area contributed by atoms with E-state index in [9.17, 15) is 9.59 Å². The van der Waals surface area contributed by atoms with Crippen LogP contribution in [0.25, 0.3) is 11.3 Å². The second kappa shape index (κ2) is 7.23. The fourth-order valence-corrected chi connectivity index (χ4v) is 2.57. The van der Waals surface area contributed by atoms with Crippen LogP contribution < -0.4 is 15.7 Å². The van der Waals surface area contributed by atoms with E-state index in [4.69, 9.17) is 4.74 Å². The van der Waals surface area contributed by atoms with Crippen molar-refractivity contribution in [2.75, 3.05) is 12.4 Å². The minimum atomic E-state index is -0.579. The summed E-state index contributed by atoms with van der Waals surface area (Å²) in [4.78, 5) is 30.9. The summed E-state index contributed by atoms with van der Waals surface area (Å²) in [7, 11) is 1.58. The van der Waals surface area contributed by atoms with Crippen molar-refractivity contribution < 1.29 is 9.53 Å². The number of nitrogens with zero attached hydrogens (tertiary/aromatic N) is 1. The molecular weight excluding hydrogens is 330 g/mol. The third-order valence-electron chi connectivity index (χ3n) is 4.23. The van der Waals surface area contributed by atoms with Gasteiger partial charge in [0.1, 0.15) is 11.4 Å². The number of benzene rings is 2. The molecule has 0 aliphatic heterocycles. The van der Waals surface area contributed by atoms with Crippen molar-refractivity contribution in [1.82, 2.24) is 9.97 Å². The van der Waals surface area contributed by atoms with Crippen LogP contribution in [0.3, 0.4) is 0 Å². The molecule has 3 aromatic rings. The number of nitrogens with one attached hydrogen (secondary N) is 2. The first kappa shape index (κ1) is 17.4. The minimum absolute atomic E-state index is 0.150. The molecule has 26 heavy (non-hydrogen) atoms. The van der Waals surface area contributed by atoms with Crippen molar-refractivity contribution in [3.8, 4) is 17.0 Å². The average molecular weight is 349 g/mol. The van der Waals surface area contributed by atoms with Crippen LogP contribution in [-0.4, -0.2) is 23.0 Å². The zero-order valence-electron chi connectivity index (χ0n) is 14.8. The molecule has 0 aliphatic rings. The molecule has 6 nitrogen and oxygen atoms in total. The maximum Gasteiger partial charge on any atom is 0.346 e. The predicted octanol–water partition coefficient (Wildman–Crippen LogP) is 3.31. The van der Waals surface area contributed by atoms with Gasteiger partial charge in [-0.3, -0.25) is 4.79 Å². The maximum atomic E-state index is 12.6. The molecule has 132 valence electrons. The lowest BCUT2D eigenvalue weighted by atomic mass is 10.1. The van der Waals surface area contributed by atoms with Gasteiger partial charge in [-0.1, -0.05) is 12.1 Å². The van der Waals surface area contributed by atoms with Crippen LogP contribution in [0.4, 0.5) is 5.69 Å². The molecule has 0 radical (unpaired) electrons. The standard InChI is InChI=1S/C20H19N3O3/c1-12-5-4-6-16(13(12)2)21-19(24)18-11-17(22-20(25)23-18)14-7-9-15(26-3)10-8-14/h4-11H,1-3H3,(H,21,24)(H,22,23,25). The number of H-pyrrole nitrogens is 1. The molecule has 0 fully saturated rings. The van der Waals surface area contributed by atoms with Gasteiger partial charge < -0.3 is 15.0 Å². The quantitative estimate of drug-likeness (QED) is 0.757. The molecule has 6 heteroatoms. The first-order valence-electron chi connectivity index (χ1n) is 8.11. The lowest BCUT2D eigenvalue weighted by molar-refractivity contribution is 0.102. The van der Waals surface area contributed by atoms with E-state index in [2.05, 4.69) is 15.3 Å². The number of rotatable bonds is 4. The van der Waals surface area contributed by atoms with E-state index < -0.39 is 11.6 Å². The van der Waals surface area contributed by atoms with Crippen LogP contribution in [0.1, 0.15) is 21.6 Å². The molecule has 0 bridgehead atoms. The van der Waals surface area contributed by atoms with Crippen LogP contribution in [-0.2, 0) is 0 Å². The van der Waals surface area contributed by atoms with Crippen LogP contribution in [0.2, 0.25) is 0 Å². The highest BCUT2D eigenvalue weighted by molar-refractivity contribution is 6.03. The van der Waals surface area contributed by atoms with E-state index >= 15 is 0 Å². The Morgan fingerprint density at radius 1 is 1.12 bits per heavy atom. The molecule has 0 atom stereocenters. The minimum Gasteiger partial charge on any atom is -0.497 e. The molecular formula is C20H19N3O3. The third kappa shape index (κ3) is 3.64. The molecule has 0 saturated heterocycles. The van der Waals surface area contributed by atoms with Gasteiger partial charge in [0.25, 0.3) is 5.91 Å². The highest BCUT2D eigenvalue weighted by Crippen LogP contribution is 2.21.